The van der Waals surface area contributed by atoms with Crippen LogP contribution < -0.4 is 0 Å². The summed E-state index contributed by atoms with van der Waals surface area (Å²) in [4.78, 5) is 2.93. The SMILES string of the molecule is [CH2]Cc1cc(SCCCCCCCCCCCCCC)cc(SCCCCCCCCCCCCCC)c1. The number of unbranched alkanes of at least 4 members (excludes halogenated alkanes) is 22. The number of benzene rings is 1. The molecule has 0 heterocycles. The number of rotatable bonds is 29. The average Bonchev–Trinajstić information content (AvgIpc) is 2.93. The van der Waals surface area contributed by atoms with Gasteiger partial charge < -0.3 is 0 Å². The van der Waals surface area contributed by atoms with E-state index in [9.17, 15) is 0 Å². The van der Waals surface area contributed by atoms with Gasteiger partial charge in [0.1, 0.15) is 0 Å². The molecule has 0 bridgehead atoms. The highest BCUT2D eigenvalue weighted by Gasteiger charge is 2.03. The Bertz CT molecular complexity index is 563. The molecule has 0 N–H and O–H groups in total. The van der Waals surface area contributed by atoms with Crippen molar-refractivity contribution in [2.24, 2.45) is 0 Å². The maximum atomic E-state index is 4.16. The minimum Gasteiger partial charge on any atom is -0.126 e. The second-order valence-corrected chi connectivity index (χ2v) is 13.9. The highest BCUT2D eigenvalue weighted by molar-refractivity contribution is 8.00. The first kappa shape index (κ1) is 35.9. The molecule has 0 aliphatic carbocycles. The molecule has 0 fully saturated rings. The summed E-state index contributed by atoms with van der Waals surface area (Å²) in [5, 5.41) is 0. The topological polar surface area (TPSA) is 0 Å². The molecule has 0 unspecified atom stereocenters. The molecule has 0 aliphatic heterocycles. The molecular formula is C36H65S2. The van der Waals surface area contributed by atoms with Crippen LogP contribution in [0.15, 0.2) is 28.0 Å². The molecule has 38 heavy (non-hydrogen) atoms. The maximum Gasteiger partial charge on any atom is 0.00858 e. The smallest absolute Gasteiger partial charge is 0.00858 e. The van der Waals surface area contributed by atoms with Gasteiger partial charge in [-0.25, -0.2) is 0 Å². The second kappa shape index (κ2) is 28.4. The fraction of sp³-hybridized carbons (Fsp3) is 0.806. The Morgan fingerprint density at radius 2 is 0.711 bits per heavy atom. The van der Waals surface area contributed by atoms with Gasteiger partial charge in [0.2, 0.25) is 0 Å². The molecule has 221 valence electrons. The van der Waals surface area contributed by atoms with Crippen molar-refractivity contribution in [2.45, 2.75) is 184 Å². The molecule has 1 aromatic rings. The Kier molecular flexibility index (Phi) is 26.9. The highest BCUT2D eigenvalue weighted by Crippen LogP contribution is 2.29. The monoisotopic (exact) mass is 561 g/mol. The van der Waals surface area contributed by atoms with Crippen LogP contribution in [0.2, 0.25) is 0 Å². The fourth-order valence-electron chi connectivity index (χ4n) is 5.21. The fourth-order valence-corrected chi connectivity index (χ4v) is 7.34. The minimum absolute atomic E-state index is 0.902. The van der Waals surface area contributed by atoms with Gasteiger partial charge in [-0.05, 0) is 61.5 Å². The van der Waals surface area contributed by atoms with Crippen LogP contribution in [-0.4, -0.2) is 11.5 Å². The second-order valence-electron chi connectivity index (χ2n) is 11.5. The Balaban J connectivity index is 2.03. The largest absolute Gasteiger partial charge is 0.126 e. The van der Waals surface area contributed by atoms with Crippen molar-refractivity contribution in [1.82, 2.24) is 0 Å². The summed E-state index contributed by atoms with van der Waals surface area (Å²) in [5.74, 6) is 2.53. The lowest BCUT2D eigenvalue weighted by Crippen LogP contribution is -1.88. The molecule has 0 saturated heterocycles. The van der Waals surface area contributed by atoms with E-state index in [0.29, 0.717) is 0 Å². The lowest BCUT2D eigenvalue weighted by molar-refractivity contribution is 0.548. The standard InChI is InChI=1S/C36H65S2/c1-4-7-9-11-13-15-17-19-21-23-25-27-29-37-35-31-34(6-3)32-36(33-35)38-30-28-26-24-22-20-18-16-14-12-10-8-5-2/h31-33H,3-30H2,1-2H3. The van der Waals surface area contributed by atoms with E-state index in [2.05, 4.69) is 62.5 Å². The summed E-state index contributed by atoms with van der Waals surface area (Å²) >= 11 is 4.13. The first-order valence-electron chi connectivity index (χ1n) is 17.0. The molecule has 1 rings (SSSR count). The van der Waals surface area contributed by atoms with Gasteiger partial charge in [0.05, 0.1) is 0 Å². The van der Waals surface area contributed by atoms with Crippen molar-refractivity contribution in [2.75, 3.05) is 11.5 Å². The summed E-state index contributed by atoms with van der Waals surface area (Å²) < 4.78 is 0. The van der Waals surface area contributed by atoms with E-state index in [4.69, 9.17) is 0 Å². The predicted molar refractivity (Wildman–Crippen MR) is 179 cm³/mol. The summed E-state index contributed by atoms with van der Waals surface area (Å²) in [5.41, 5.74) is 1.40. The molecule has 1 radical (unpaired) electrons. The number of thioether (sulfide) groups is 2. The van der Waals surface area contributed by atoms with Crippen LogP contribution in [0.25, 0.3) is 0 Å². The van der Waals surface area contributed by atoms with Crippen LogP contribution in [0.3, 0.4) is 0 Å². The lowest BCUT2D eigenvalue weighted by atomic mass is 10.1. The van der Waals surface area contributed by atoms with Gasteiger partial charge in [-0.15, -0.1) is 23.5 Å². The molecule has 2 heteroatoms. The van der Waals surface area contributed by atoms with E-state index in [-0.39, 0.29) is 0 Å². The zero-order valence-corrected chi connectivity index (χ0v) is 27.5. The molecule has 0 aliphatic rings. The minimum atomic E-state index is 0.902. The highest BCUT2D eigenvalue weighted by atomic mass is 32.2. The van der Waals surface area contributed by atoms with Crippen LogP contribution in [0, 0.1) is 6.92 Å². The van der Waals surface area contributed by atoms with Gasteiger partial charge in [-0.1, -0.05) is 155 Å². The van der Waals surface area contributed by atoms with E-state index < -0.39 is 0 Å². The molecule has 0 aromatic heterocycles. The molecule has 0 nitrogen and oxygen atoms in total. The van der Waals surface area contributed by atoms with Gasteiger partial charge in [-0.3, -0.25) is 0 Å². The summed E-state index contributed by atoms with van der Waals surface area (Å²) in [6.07, 6.45) is 35.2. The van der Waals surface area contributed by atoms with Gasteiger partial charge in [0.25, 0.3) is 0 Å². The third kappa shape index (κ3) is 22.7. The summed E-state index contributed by atoms with van der Waals surface area (Å²) in [7, 11) is 0. The molecule has 0 atom stereocenters. The van der Waals surface area contributed by atoms with E-state index in [0.717, 1.165) is 6.42 Å². The van der Waals surface area contributed by atoms with Crippen molar-refractivity contribution in [3.05, 3.63) is 30.7 Å². The van der Waals surface area contributed by atoms with Crippen molar-refractivity contribution >= 4 is 23.5 Å². The van der Waals surface area contributed by atoms with Crippen LogP contribution in [0.1, 0.15) is 174 Å². The van der Waals surface area contributed by atoms with Crippen LogP contribution in [0.4, 0.5) is 0 Å². The molecule has 0 amide bonds. The van der Waals surface area contributed by atoms with E-state index in [1.807, 2.05) is 0 Å². The maximum absolute atomic E-state index is 4.16. The Morgan fingerprint density at radius 1 is 0.421 bits per heavy atom. The lowest BCUT2D eigenvalue weighted by Gasteiger charge is -2.09. The normalized spacial score (nSPS) is 11.4. The van der Waals surface area contributed by atoms with Gasteiger partial charge >= 0.3 is 0 Å². The molecule has 1 aromatic carbocycles. The van der Waals surface area contributed by atoms with Crippen LogP contribution >= 0.6 is 23.5 Å². The zero-order chi connectivity index (χ0) is 27.4. The van der Waals surface area contributed by atoms with Crippen molar-refractivity contribution in [1.29, 1.82) is 0 Å². The first-order chi connectivity index (χ1) is 18.8. The third-order valence-corrected chi connectivity index (χ3v) is 9.89. The van der Waals surface area contributed by atoms with Gasteiger partial charge in [0.15, 0.2) is 0 Å². The van der Waals surface area contributed by atoms with E-state index in [1.54, 1.807) is 0 Å². The Hall–Kier alpha value is -0.0800. The van der Waals surface area contributed by atoms with E-state index >= 15 is 0 Å². The zero-order valence-electron chi connectivity index (χ0n) is 25.8. The summed E-state index contributed by atoms with van der Waals surface area (Å²) in [6, 6.07) is 7.20. The first-order valence-corrected chi connectivity index (χ1v) is 19.0. The average molecular weight is 562 g/mol. The number of hydrogen-bond donors (Lipinski definition) is 0. The van der Waals surface area contributed by atoms with E-state index in [1.165, 1.54) is 181 Å². The Morgan fingerprint density at radius 3 is 1.00 bits per heavy atom. The quantitative estimate of drug-likeness (QED) is 0.0704. The van der Waals surface area contributed by atoms with Gasteiger partial charge in [0, 0.05) is 9.79 Å². The molecule has 0 saturated carbocycles. The predicted octanol–water partition coefficient (Wildman–Crippen LogP) is 13.6. The molecule has 0 spiro atoms. The van der Waals surface area contributed by atoms with Crippen molar-refractivity contribution < 1.29 is 0 Å². The van der Waals surface area contributed by atoms with Crippen LogP contribution in [-0.2, 0) is 6.42 Å². The molecular weight excluding hydrogens is 497 g/mol. The van der Waals surface area contributed by atoms with Crippen molar-refractivity contribution in [3.63, 3.8) is 0 Å². The van der Waals surface area contributed by atoms with Crippen LogP contribution in [0.5, 0.6) is 0 Å². The Labute approximate surface area is 249 Å². The third-order valence-electron chi connectivity index (χ3n) is 7.76. The van der Waals surface area contributed by atoms with Crippen molar-refractivity contribution in [3.8, 4) is 0 Å². The summed E-state index contributed by atoms with van der Waals surface area (Å²) in [6.45, 7) is 8.76. The van der Waals surface area contributed by atoms with Gasteiger partial charge in [-0.2, -0.15) is 0 Å². The number of hydrogen-bond acceptors (Lipinski definition) is 2.